The van der Waals surface area contributed by atoms with Crippen LogP contribution in [0.5, 0.6) is 11.5 Å². The highest BCUT2D eigenvalue weighted by Crippen LogP contribution is 2.38. The molecule has 0 fully saturated rings. The maximum absolute atomic E-state index is 11.3. The summed E-state index contributed by atoms with van der Waals surface area (Å²) in [6.07, 6.45) is 0. The third-order valence-electron chi connectivity index (χ3n) is 2.17. The molecule has 1 aliphatic heterocycles. The number of benzene rings is 1. The number of nitrogens with two attached hydrogens (primary N) is 1. The van der Waals surface area contributed by atoms with Crippen molar-refractivity contribution >= 4 is 16.0 Å². The molecule has 0 aromatic heterocycles. The van der Waals surface area contributed by atoms with Gasteiger partial charge < -0.3 is 14.2 Å². The normalized spacial score (nSPS) is 13.5. The lowest BCUT2D eigenvalue weighted by molar-refractivity contribution is 0.0600. The summed E-state index contributed by atoms with van der Waals surface area (Å²) in [4.78, 5) is 11.0. The average molecular weight is 259 g/mol. The molecule has 0 radical (unpaired) electrons. The summed E-state index contributed by atoms with van der Waals surface area (Å²) >= 11 is 0. The summed E-state index contributed by atoms with van der Waals surface area (Å²) in [5.41, 5.74) is 0.0285. The standard InChI is InChI=1S/C9H9NO6S/c1-14-9(11)5-2-6-8(16-4-15-6)7(3-5)17(10,12)13/h2-3H,4H2,1H3,(H2,10,12,13). The maximum Gasteiger partial charge on any atom is 0.338 e. The number of sulfonamides is 1. The molecular weight excluding hydrogens is 250 g/mol. The van der Waals surface area contributed by atoms with E-state index in [9.17, 15) is 13.2 Å². The van der Waals surface area contributed by atoms with Crippen LogP contribution in [-0.2, 0) is 14.8 Å². The number of primary sulfonamides is 1. The van der Waals surface area contributed by atoms with Gasteiger partial charge in [0, 0.05) is 0 Å². The Labute approximate surface area is 97.1 Å². The van der Waals surface area contributed by atoms with E-state index in [-0.39, 0.29) is 28.8 Å². The number of methoxy groups -OCH3 is 1. The molecule has 1 aromatic rings. The molecule has 1 aliphatic rings. The Morgan fingerprint density at radius 3 is 2.71 bits per heavy atom. The molecule has 0 saturated heterocycles. The number of carbonyl (C=O) groups is 1. The topological polar surface area (TPSA) is 105 Å². The molecule has 92 valence electrons. The average Bonchev–Trinajstić information content (AvgIpc) is 2.72. The first-order valence-electron chi connectivity index (χ1n) is 4.48. The van der Waals surface area contributed by atoms with Gasteiger partial charge in [0.25, 0.3) is 0 Å². The van der Waals surface area contributed by atoms with Crippen molar-refractivity contribution in [2.24, 2.45) is 5.14 Å². The lowest BCUT2D eigenvalue weighted by Gasteiger charge is -2.06. The number of ether oxygens (including phenoxy) is 3. The monoisotopic (exact) mass is 259 g/mol. The number of fused-ring (bicyclic) bond motifs is 1. The summed E-state index contributed by atoms with van der Waals surface area (Å²) in [5, 5.41) is 5.02. The molecule has 0 amide bonds. The van der Waals surface area contributed by atoms with Gasteiger partial charge in [0.1, 0.15) is 4.90 Å². The minimum Gasteiger partial charge on any atom is -0.465 e. The van der Waals surface area contributed by atoms with Crippen LogP contribution in [-0.4, -0.2) is 28.3 Å². The van der Waals surface area contributed by atoms with Gasteiger partial charge in [0.15, 0.2) is 11.5 Å². The van der Waals surface area contributed by atoms with Crippen LogP contribution < -0.4 is 14.6 Å². The summed E-state index contributed by atoms with van der Waals surface area (Å²) < 4.78 is 37.2. The number of carbonyl (C=O) groups excluding carboxylic acids is 1. The van der Waals surface area contributed by atoms with Crippen LogP contribution in [0.15, 0.2) is 17.0 Å². The molecule has 0 saturated carbocycles. The Morgan fingerprint density at radius 2 is 2.12 bits per heavy atom. The second-order valence-corrected chi connectivity index (χ2v) is 4.77. The Balaban J connectivity index is 2.66. The Bertz CT molecular complexity index is 579. The molecule has 7 nitrogen and oxygen atoms in total. The van der Waals surface area contributed by atoms with Crippen LogP contribution in [0.3, 0.4) is 0 Å². The molecule has 0 bridgehead atoms. The van der Waals surface area contributed by atoms with Gasteiger partial charge in [-0.05, 0) is 12.1 Å². The van der Waals surface area contributed by atoms with Crippen LogP contribution in [0.2, 0.25) is 0 Å². The lowest BCUT2D eigenvalue weighted by atomic mass is 10.2. The molecule has 1 aromatic carbocycles. The number of esters is 1. The molecule has 0 spiro atoms. The van der Waals surface area contributed by atoms with Crippen LogP contribution in [0.4, 0.5) is 0 Å². The zero-order valence-electron chi connectivity index (χ0n) is 8.80. The predicted molar refractivity (Wildman–Crippen MR) is 55.3 cm³/mol. The number of hydrogen-bond donors (Lipinski definition) is 1. The summed E-state index contributed by atoms with van der Waals surface area (Å²) in [6, 6.07) is 2.43. The van der Waals surface area contributed by atoms with Crippen molar-refractivity contribution in [2.45, 2.75) is 4.90 Å². The third-order valence-corrected chi connectivity index (χ3v) is 3.08. The van der Waals surface area contributed by atoms with Gasteiger partial charge in [0.2, 0.25) is 16.8 Å². The maximum atomic E-state index is 11.3. The van der Waals surface area contributed by atoms with Crippen LogP contribution in [0.1, 0.15) is 10.4 Å². The molecule has 1 heterocycles. The molecule has 8 heteroatoms. The van der Waals surface area contributed by atoms with E-state index in [2.05, 4.69) is 4.74 Å². The molecule has 2 rings (SSSR count). The molecular formula is C9H9NO6S. The highest BCUT2D eigenvalue weighted by atomic mass is 32.2. The van der Waals surface area contributed by atoms with Gasteiger partial charge in [-0.1, -0.05) is 0 Å². The Kier molecular flexibility index (Phi) is 2.68. The quantitative estimate of drug-likeness (QED) is 0.740. The van der Waals surface area contributed by atoms with Crippen LogP contribution in [0.25, 0.3) is 0 Å². The van der Waals surface area contributed by atoms with Crippen molar-refractivity contribution in [1.82, 2.24) is 0 Å². The van der Waals surface area contributed by atoms with Gasteiger partial charge in [-0.3, -0.25) is 0 Å². The van der Waals surface area contributed by atoms with E-state index in [4.69, 9.17) is 14.6 Å². The summed E-state index contributed by atoms with van der Waals surface area (Å²) in [6.45, 7) is -0.123. The van der Waals surface area contributed by atoms with Crippen molar-refractivity contribution in [3.8, 4) is 11.5 Å². The first-order chi connectivity index (χ1) is 7.93. The van der Waals surface area contributed by atoms with Crippen LogP contribution in [0, 0.1) is 0 Å². The van der Waals surface area contributed by atoms with Crippen molar-refractivity contribution in [1.29, 1.82) is 0 Å². The van der Waals surface area contributed by atoms with E-state index >= 15 is 0 Å². The van der Waals surface area contributed by atoms with E-state index in [0.29, 0.717) is 0 Å². The highest BCUT2D eigenvalue weighted by molar-refractivity contribution is 7.89. The van der Waals surface area contributed by atoms with Crippen molar-refractivity contribution in [3.05, 3.63) is 17.7 Å². The molecule has 0 unspecified atom stereocenters. The largest absolute Gasteiger partial charge is 0.465 e. The first-order valence-corrected chi connectivity index (χ1v) is 6.03. The zero-order chi connectivity index (χ0) is 12.6. The number of rotatable bonds is 2. The van der Waals surface area contributed by atoms with E-state index in [1.807, 2.05) is 0 Å². The second-order valence-electron chi connectivity index (χ2n) is 3.24. The molecule has 2 N–H and O–H groups in total. The molecule has 0 atom stereocenters. The van der Waals surface area contributed by atoms with E-state index in [1.54, 1.807) is 0 Å². The van der Waals surface area contributed by atoms with Crippen molar-refractivity contribution in [2.75, 3.05) is 13.9 Å². The smallest absolute Gasteiger partial charge is 0.338 e. The van der Waals surface area contributed by atoms with Gasteiger partial charge in [-0.2, -0.15) is 0 Å². The van der Waals surface area contributed by atoms with E-state index in [0.717, 1.165) is 6.07 Å². The van der Waals surface area contributed by atoms with Crippen molar-refractivity contribution < 1.29 is 27.4 Å². The summed E-state index contributed by atoms with van der Waals surface area (Å²) in [5.74, 6) is -0.523. The SMILES string of the molecule is COC(=O)c1cc2c(c(S(N)(=O)=O)c1)OCO2. The Morgan fingerprint density at radius 1 is 1.41 bits per heavy atom. The van der Waals surface area contributed by atoms with Gasteiger partial charge >= 0.3 is 5.97 Å². The number of hydrogen-bond acceptors (Lipinski definition) is 6. The third kappa shape index (κ3) is 2.04. The zero-order valence-corrected chi connectivity index (χ0v) is 9.61. The molecule has 17 heavy (non-hydrogen) atoms. The molecule has 0 aliphatic carbocycles. The van der Waals surface area contributed by atoms with Gasteiger partial charge in [0.05, 0.1) is 12.7 Å². The fourth-order valence-corrected chi connectivity index (χ4v) is 2.13. The highest BCUT2D eigenvalue weighted by Gasteiger charge is 2.27. The second kappa shape index (κ2) is 3.90. The first kappa shape index (κ1) is 11.7. The fraction of sp³-hybridized carbons (Fsp3) is 0.222. The predicted octanol–water partition coefficient (Wildman–Crippen LogP) is -0.151. The Hall–Kier alpha value is -1.80. The van der Waals surface area contributed by atoms with Gasteiger partial charge in [-0.15, -0.1) is 0 Å². The minimum atomic E-state index is -4.01. The summed E-state index contributed by atoms with van der Waals surface area (Å²) in [7, 11) is -2.82. The van der Waals surface area contributed by atoms with Gasteiger partial charge in [-0.25, -0.2) is 18.4 Å². The minimum absolute atomic E-state index is 0.0140. The van der Waals surface area contributed by atoms with E-state index < -0.39 is 16.0 Å². The fourth-order valence-electron chi connectivity index (χ4n) is 1.43. The van der Waals surface area contributed by atoms with Crippen LogP contribution >= 0.6 is 0 Å². The van der Waals surface area contributed by atoms with E-state index in [1.165, 1.54) is 13.2 Å². The van der Waals surface area contributed by atoms with Crippen molar-refractivity contribution in [3.63, 3.8) is 0 Å². The lowest BCUT2D eigenvalue weighted by Crippen LogP contribution is -2.14.